The standard InChI is InChI=1S/C20H20F3N3O/c1-12(2)11-26-17-8-5-14(19(24)27)10-16(17)25-18(26)9-13-3-6-15(7-4-13)20(21,22)23/h3-8,10,12H,9,11H2,1-2H3,(H2,24,27). The summed E-state index contributed by atoms with van der Waals surface area (Å²) in [4.78, 5) is 16.0. The van der Waals surface area contributed by atoms with Crippen molar-refractivity contribution in [3.8, 4) is 0 Å². The van der Waals surface area contributed by atoms with Crippen LogP contribution in [0.15, 0.2) is 42.5 Å². The van der Waals surface area contributed by atoms with Crippen LogP contribution in [0.3, 0.4) is 0 Å². The summed E-state index contributed by atoms with van der Waals surface area (Å²) in [7, 11) is 0. The number of carbonyl (C=O) groups excluding carboxylic acids is 1. The Balaban J connectivity index is 2.00. The number of benzene rings is 2. The number of rotatable bonds is 5. The highest BCUT2D eigenvalue weighted by atomic mass is 19.4. The van der Waals surface area contributed by atoms with Crippen molar-refractivity contribution in [1.29, 1.82) is 0 Å². The molecule has 0 saturated carbocycles. The lowest BCUT2D eigenvalue weighted by molar-refractivity contribution is -0.137. The van der Waals surface area contributed by atoms with Gasteiger partial charge in [-0.15, -0.1) is 0 Å². The zero-order valence-corrected chi connectivity index (χ0v) is 15.0. The SMILES string of the molecule is CC(C)Cn1c(Cc2ccc(C(F)(F)F)cc2)nc2cc(C(N)=O)ccc21. The van der Waals surface area contributed by atoms with Gasteiger partial charge in [-0.2, -0.15) is 13.2 Å². The van der Waals surface area contributed by atoms with Crippen LogP contribution in [-0.2, 0) is 19.1 Å². The highest BCUT2D eigenvalue weighted by Crippen LogP contribution is 2.29. The number of hydrogen-bond donors (Lipinski definition) is 1. The highest BCUT2D eigenvalue weighted by Gasteiger charge is 2.30. The molecule has 7 heteroatoms. The molecule has 0 spiro atoms. The second-order valence-electron chi connectivity index (χ2n) is 6.97. The molecule has 2 N–H and O–H groups in total. The number of halogens is 3. The number of carbonyl (C=O) groups is 1. The normalized spacial score (nSPS) is 12.1. The van der Waals surface area contributed by atoms with Gasteiger partial charge in [0.2, 0.25) is 5.91 Å². The van der Waals surface area contributed by atoms with E-state index in [9.17, 15) is 18.0 Å². The fraction of sp³-hybridized carbons (Fsp3) is 0.300. The van der Waals surface area contributed by atoms with Gasteiger partial charge in [0.25, 0.3) is 0 Å². The Labute approximate surface area is 154 Å². The van der Waals surface area contributed by atoms with Gasteiger partial charge >= 0.3 is 6.18 Å². The number of hydrogen-bond acceptors (Lipinski definition) is 2. The molecular weight excluding hydrogens is 355 g/mol. The maximum absolute atomic E-state index is 12.7. The molecular formula is C20H20F3N3O. The molecule has 1 heterocycles. The molecule has 0 radical (unpaired) electrons. The van der Waals surface area contributed by atoms with Crippen molar-refractivity contribution in [2.24, 2.45) is 11.7 Å². The first kappa shape index (κ1) is 18.9. The average molecular weight is 375 g/mol. The lowest BCUT2D eigenvalue weighted by atomic mass is 10.1. The van der Waals surface area contributed by atoms with Crippen molar-refractivity contribution >= 4 is 16.9 Å². The summed E-state index contributed by atoms with van der Waals surface area (Å²) in [6.45, 7) is 4.86. The molecule has 0 bridgehead atoms. The summed E-state index contributed by atoms with van der Waals surface area (Å²) in [5.41, 5.74) is 7.29. The van der Waals surface area contributed by atoms with Crippen LogP contribution in [-0.4, -0.2) is 15.5 Å². The fourth-order valence-corrected chi connectivity index (χ4v) is 3.03. The van der Waals surface area contributed by atoms with Crippen molar-refractivity contribution in [1.82, 2.24) is 9.55 Å². The van der Waals surface area contributed by atoms with Crippen LogP contribution >= 0.6 is 0 Å². The molecule has 0 aliphatic carbocycles. The van der Waals surface area contributed by atoms with Crippen molar-refractivity contribution in [3.63, 3.8) is 0 Å². The van der Waals surface area contributed by atoms with Crippen molar-refractivity contribution in [2.75, 3.05) is 0 Å². The third-order valence-corrected chi connectivity index (χ3v) is 4.30. The molecule has 0 unspecified atom stereocenters. The maximum atomic E-state index is 12.7. The van der Waals surface area contributed by atoms with E-state index in [1.807, 2.05) is 4.57 Å². The largest absolute Gasteiger partial charge is 0.416 e. The zero-order valence-electron chi connectivity index (χ0n) is 15.0. The molecule has 0 fully saturated rings. The number of imidazole rings is 1. The predicted molar refractivity (Wildman–Crippen MR) is 97.3 cm³/mol. The Morgan fingerprint density at radius 2 is 1.81 bits per heavy atom. The third-order valence-electron chi connectivity index (χ3n) is 4.30. The minimum absolute atomic E-state index is 0.351. The van der Waals surface area contributed by atoms with Crippen LogP contribution in [0.2, 0.25) is 0 Å². The van der Waals surface area contributed by atoms with Crippen molar-refractivity contribution in [2.45, 2.75) is 33.0 Å². The Kier molecular flexibility index (Phi) is 4.95. The quantitative estimate of drug-likeness (QED) is 0.718. The highest BCUT2D eigenvalue weighted by molar-refractivity contribution is 5.96. The van der Waals surface area contributed by atoms with Crippen LogP contribution in [0.25, 0.3) is 11.0 Å². The summed E-state index contributed by atoms with van der Waals surface area (Å²) in [6, 6.07) is 10.2. The molecule has 1 amide bonds. The molecule has 1 aromatic heterocycles. The summed E-state index contributed by atoms with van der Waals surface area (Å²) >= 11 is 0. The first-order chi connectivity index (χ1) is 12.6. The van der Waals surface area contributed by atoms with Crippen molar-refractivity contribution in [3.05, 3.63) is 65.0 Å². The molecule has 0 aliphatic rings. The smallest absolute Gasteiger partial charge is 0.366 e. The minimum Gasteiger partial charge on any atom is -0.366 e. The van der Waals surface area contributed by atoms with E-state index in [1.165, 1.54) is 12.1 Å². The first-order valence-corrected chi connectivity index (χ1v) is 8.60. The number of nitrogens with two attached hydrogens (primary N) is 1. The summed E-state index contributed by atoms with van der Waals surface area (Å²) in [6.07, 6.45) is -3.96. The first-order valence-electron chi connectivity index (χ1n) is 8.60. The van der Waals surface area contributed by atoms with Gasteiger partial charge in [0.15, 0.2) is 0 Å². The predicted octanol–water partition coefficient (Wildman–Crippen LogP) is 4.40. The number of primary amides is 1. The molecule has 4 nitrogen and oxygen atoms in total. The molecule has 3 aromatic rings. The molecule has 142 valence electrons. The second kappa shape index (κ2) is 7.06. The Bertz CT molecular complexity index is 973. The van der Waals surface area contributed by atoms with Crippen LogP contribution in [0.4, 0.5) is 13.2 Å². The van der Waals surface area contributed by atoms with E-state index >= 15 is 0 Å². The molecule has 0 atom stereocenters. The molecule has 3 rings (SSSR count). The van der Waals surface area contributed by atoms with Crippen molar-refractivity contribution < 1.29 is 18.0 Å². The number of alkyl halides is 3. The van der Waals surface area contributed by atoms with E-state index in [-0.39, 0.29) is 0 Å². The van der Waals surface area contributed by atoms with Gasteiger partial charge in [-0.25, -0.2) is 4.98 Å². The van der Waals surface area contributed by atoms with Crippen LogP contribution in [0, 0.1) is 5.92 Å². The number of amides is 1. The number of nitrogens with zero attached hydrogens (tertiary/aromatic N) is 2. The molecule has 0 saturated heterocycles. The molecule has 27 heavy (non-hydrogen) atoms. The lowest BCUT2D eigenvalue weighted by Crippen LogP contribution is -2.11. The topological polar surface area (TPSA) is 60.9 Å². The van der Waals surface area contributed by atoms with E-state index in [0.717, 1.165) is 29.0 Å². The minimum atomic E-state index is -4.35. The van der Waals surface area contributed by atoms with Gasteiger partial charge in [0, 0.05) is 18.5 Å². The molecule has 2 aromatic carbocycles. The zero-order chi connectivity index (χ0) is 19.8. The Morgan fingerprint density at radius 1 is 1.15 bits per heavy atom. The number of fused-ring (bicyclic) bond motifs is 1. The van der Waals surface area contributed by atoms with Gasteiger partial charge in [-0.3, -0.25) is 4.79 Å². The van der Waals surface area contributed by atoms with E-state index < -0.39 is 17.6 Å². The third kappa shape index (κ3) is 4.13. The van der Waals surface area contributed by atoms with E-state index in [1.54, 1.807) is 18.2 Å². The average Bonchev–Trinajstić information content (AvgIpc) is 2.90. The van der Waals surface area contributed by atoms with E-state index in [0.29, 0.717) is 30.0 Å². The summed E-state index contributed by atoms with van der Waals surface area (Å²) in [5, 5.41) is 0. The molecule has 0 aliphatic heterocycles. The lowest BCUT2D eigenvalue weighted by Gasteiger charge is -2.12. The van der Waals surface area contributed by atoms with E-state index in [4.69, 9.17) is 5.73 Å². The second-order valence-corrected chi connectivity index (χ2v) is 6.97. The maximum Gasteiger partial charge on any atom is 0.416 e. The van der Waals surface area contributed by atoms with Gasteiger partial charge < -0.3 is 10.3 Å². The van der Waals surface area contributed by atoms with Crippen LogP contribution in [0.1, 0.15) is 41.2 Å². The van der Waals surface area contributed by atoms with Gasteiger partial charge in [-0.05, 0) is 41.8 Å². The monoisotopic (exact) mass is 375 g/mol. The van der Waals surface area contributed by atoms with Gasteiger partial charge in [0.05, 0.1) is 16.6 Å². The van der Waals surface area contributed by atoms with Gasteiger partial charge in [-0.1, -0.05) is 26.0 Å². The van der Waals surface area contributed by atoms with E-state index in [2.05, 4.69) is 18.8 Å². The Morgan fingerprint density at radius 3 is 2.37 bits per heavy atom. The summed E-state index contributed by atoms with van der Waals surface area (Å²) < 4.78 is 40.3. The van der Waals surface area contributed by atoms with Crippen LogP contribution in [0.5, 0.6) is 0 Å². The van der Waals surface area contributed by atoms with Crippen LogP contribution < -0.4 is 5.73 Å². The summed E-state index contributed by atoms with van der Waals surface area (Å²) in [5.74, 6) is 0.559. The fourth-order valence-electron chi connectivity index (χ4n) is 3.03. The Hall–Kier alpha value is -2.83. The van der Waals surface area contributed by atoms with Gasteiger partial charge in [0.1, 0.15) is 5.82 Å². The number of aromatic nitrogens is 2.